The number of rotatable bonds is 6. The van der Waals surface area contributed by atoms with Crippen molar-refractivity contribution < 1.29 is 5.11 Å². The summed E-state index contributed by atoms with van der Waals surface area (Å²) in [7, 11) is 0. The third kappa shape index (κ3) is 4.06. The highest BCUT2D eigenvalue weighted by molar-refractivity contribution is 5.62. The van der Waals surface area contributed by atoms with Crippen molar-refractivity contribution in [2.45, 2.75) is 25.3 Å². The lowest BCUT2D eigenvalue weighted by Gasteiger charge is -2.27. The van der Waals surface area contributed by atoms with E-state index in [-0.39, 0.29) is 0 Å². The monoisotopic (exact) mass is 355 g/mol. The van der Waals surface area contributed by atoms with E-state index in [0.29, 0.717) is 11.7 Å². The van der Waals surface area contributed by atoms with Crippen molar-refractivity contribution in [3.05, 3.63) is 107 Å². The Kier molecular flexibility index (Phi) is 5.24. The standard InChI is InChI=1S/C25H25NO/c27-25-15-7-13-22-19-26(18-16-24(22)25)17-8-14-23(20-9-3-1-4-10-20)21-11-5-2-6-12-21/h1-7,9-13,15-16,18,23,27H,8,14,17,19H2. The fourth-order valence-electron chi connectivity index (χ4n) is 3.93. The zero-order valence-electron chi connectivity index (χ0n) is 15.5. The van der Waals surface area contributed by atoms with Crippen molar-refractivity contribution in [2.24, 2.45) is 0 Å². The highest BCUT2D eigenvalue weighted by atomic mass is 16.3. The van der Waals surface area contributed by atoms with Gasteiger partial charge >= 0.3 is 0 Å². The molecule has 3 aromatic carbocycles. The zero-order valence-corrected chi connectivity index (χ0v) is 15.5. The number of aromatic hydroxyl groups is 1. The van der Waals surface area contributed by atoms with Crippen molar-refractivity contribution in [3.63, 3.8) is 0 Å². The molecule has 0 atom stereocenters. The minimum Gasteiger partial charge on any atom is -0.507 e. The van der Waals surface area contributed by atoms with E-state index in [1.165, 1.54) is 16.7 Å². The minimum absolute atomic E-state index is 0.372. The van der Waals surface area contributed by atoms with Crippen LogP contribution >= 0.6 is 0 Å². The van der Waals surface area contributed by atoms with Crippen LogP contribution in [0.1, 0.15) is 41.0 Å². The summed E-state index contributed by atoms with van der Waals surface area (Å²) in [5, 5.41) is 9.97. The molecule has 0 unspecified atom stereocenters. The van der Waals surface area contributed by atoms with E-state index in [9.17, 15) is 5.11 Å². The second kappa shape index (κ2) is 8.13. The molecule has 0 aliphatic carbocycles. The Labute approximate surface area is 161 Å². The normalized spacial score (nSPS) is 13.0. The summed E-state index contributed by atoms with van der Waals surface area (Å²) >= 11 is 0. The third-order valence-electron chi connectivity index (χ3n) is 5.34. The molecule has 0 aromatic heterocycles. The van der Waals surface area contributed by atoms with Crippen LogP contribution in [0.5, 0.6) is 5.75 Å². The van der Waals surface area contributed by atoms with Crippen LogP contribution in [0.15, 0.2) is 85.1 Å². The molecule has 0 saturated heterocycles. The maximum atomic E-state index is 9.97. The number of phenolic OH excluding ortho intramolecular Hbond substituents is 1. The van der Waals surface area contributed by atoms with Gasteiger partial charge in [0.05, 0.1) is 0 Å². The molecule has 1 N–H and O–H groups in total. The van der Waals surface area contributed by atoms with Crippen molar-refractivity contribution in [1.82, 2.24) is 4.90 Å². The molecule has 0 fully saturated rings. The first-order valence-corrected chi connectivity index (χ1v) is 9.64. The Bertz CT molecular complexity index is 863. The lowest BCUT2D eigenvalue weighted by molar-refractivity contribution is 0.351. The molecule has 0 radical (unpaired) electrons. The van der Waals surface area contributed by atoms with E-state index in [1.54, 1.807) is 6.07 Å². The predicted molar refractivity (Wildman–Crippen MR) is 112 cm³/mol. The topological polar surface area (TPSA) is 23.5 Å². The summed E-state index contributed by atoms with van der Waals surface area (Å²) in [6, 6.07) is 27.4. The average Bonchev–Trinajstić information content (AvgIpc) is 2.73. The van der Waals surface area contributed by atoms with Gasteiger partial charge in [0.25, 0.3) is 0 Å². The van der Waals surface area contributed by atoms with Crippen LogP contribution in [0.25, 0.3) is 6.08 Å². The molecular weight excluding hydrogens is 330 g/mol. The first-order chi connectivity index (χ1) is 13.3. The fourth-order valence-corrected chi connectivity index (χ4v) is 3.93. The van der Waals surface area contributed by atoms with Gasteiger partial charge in [0.15, 0.2) is 0 Å². The molecular formula is C25H25NO. The Morgan fingerprint density at radius 3 is 2.15 bits per heavy atom. The highest BCUT2D eigenvalue weighted by Gasteiger charge is 2.16. The van der Waals surface area contributed by atoms with Gasteiger partial charge in [-0.25, -0.2) is 0 Å². The molecule has 0 bridgehead atoms. The van der Waals surface area contributed by atoms with Crippen LogP contribution < -0.4 is 0 Å². The van der Waals surface area contributed by atoms with Crippen LogP contribution in [-0.2, 0) is 6.54 Å². The van der Waals surface area contributed by atoms with Gasteiger partial charge in [-0.2, -0.15) is 0 Å². The van der Waals surface area contributed by atoms with E-state index >= 15 is 0 Å². The number of hydrogen-bond acceptors (Lipinski definition) is 2. The Morgan fingerprint density at radius 1 is 0.815 bits per heavy atom. The molecule has 0 amide bonds. The lowest BCUT2D eigenvalue weighted by atomic mass is 9.87. The van der Waals surface area contributed by atoms with Gasteiger partial charge in [-0.05, 0) is 41.7 Å². The van der Waals surface area contributed by atoms with Gasteiger partial charge in [0, 0.05) is 30.8 Å². The molecule has 136 valence electrons. The first kappa shape index (κ1) is 17.4. The van der Waals surface area contributed by atoms with Crippen molar-refractivity contribution in [2.75, 3.05) is 6.54 Å². The van der Waals surface area contributed by atoms with E-state index in [2.05, 4.69) is 77.8 Å². The van der Waals surface area contributed by atoms with Gasteiger partial charge in [-0.3, -0.25) is 0 Å². The second-order valence-electron chi connectivity index (χ2n) is 7.15. The van der Waals surface area contributed by atoms with Gasteiger partial charge in [-0.1, -0.05) is 72.8 Å². The summed E-state index contributed by atoms with van der Waals surface area (Å²) in [5.41, 5.74) is 4.92. The largest absolute Gasteiger partial charge is 0.507 e. The summed E-state index contributed by atoms with van der Waals surface area (Å²) < 4.78 is 0. The predicted octanol–water partition coefficient (Wildman–Crippen LogP) is 5.79. The molecule has 27 heavy (non-hydrogen) atoms. The Morgan fingerprint density at radius 2 is 1.48 bits per heavy atom. The van der Waals surface area contributed by atoms with Crippen LogP contribution in [0, 0.1) is 0 Å². The Balaban J connectivity index is 1.42. The summed E-state index contributed by atoms with van der Waals surface area (Å²) in [6.07, 6.45) is 6.38. The zero-order chi connectivity index (χ0) is 18.5. The van der Waals surface area contributed by atoms with Gasteiger partial charge < -0.3 is 10.0 Å². The molecule has 1 aliphatic heterocycles. The van der Waals surface area contributed by atoms with Crippen LogP contribution in [-0.4, -0.2) is 16.6 Å². The maximum absolute atomic E-state index is 9.97. The quantitative estimate of drug-likeness (QED) is 0.605. The number of phenols is 1. The van der Waals surface area contributed by atoms with Crippen LogP contribution in [0.2, 0.25) is 0 Å². The van der Waals surface area contributed by atoms with Crippen LogP contribution in [0.4, 0.5) is 0 Å². The molecule has 3 aromatic rings. The summed E-state index contributed by atoms with van der Waals surface area (Å²) in [4.78, 5) is 2.34. The average molecular weight is 355 g/mol. The van der Waals surface area contributed by atoms with E-state index < -0.39 is 0 Å². The van der Waals surface area contributed by atoms with E-state index in [4.69, 9.17) is 0 Å². The van der Waals surface area contributed by atoms with Crippen molar-refractivity contribution in [3.8, 4) is 5.75 Å². The summed E-state index contributed by atoms with van der Waals surface area (Å²) in [6.45, 7) is 1.88. The Hall–Kier alpha value is -3.00. The van der Waals surface area contributed by atoms with Gasteiger partial charge in [0.2, 0.25) is 0 Å². The van der Waals surface area contributed by atoms with Crippen molar-refractivity contribution >= 4 is 6.08 Å². The highest BCUT2D eigenvalue weighted by Crippen LogP contribution is 2.31. The molecule has 1 heterocycles. The van der Waals surface area contributed by atoms with Gasteiger partial charge in [0.1, 0.15) is 5.75 Å². The number of hydrogen-bond donors (Lipinski definition) is 1. The third-order valence-corrected chi connectivity index (χ3v) is 5.34. The SMILES string of the molecule is Oc1cccc2c1C=CN(CCCC(c1ccccc1)c1ccccc1)C2. The smallest absolute Gasteiger partial charge is 0.123 e. The molecule has 4 rings (SSSR count). The number of benzene rings is 3. The van der Waals surface area contributed by atoms with Crippen LogP contribution in [0.3, 0.4) is 0 Å². The maximum Gasteiger partial charge on any atom is 0.123 e. The lowest BCUT2D eigenvalue weighted by Crippen LogP contribution is -2.21. The first-order valence-electron chi connectivity index (χ1n) is 9.64. The molecule has 1 aliphatic rings. The number of nitrogens with zero attached hydrogens (tertiary/aromatic N) is 1. The molecule has 0 spiro atoms. The molecule has 0 saturated carbocycles. The minimum atomic E-state index is 0.372. The van der Waals surface area contributed by atoms with Gasteiger partial charge in [-0.15, -0.1) is 0 Å². The fraction of sp³-hybridized carbons (Fsp3) is 0.200. The van der Waals surface area contributed by atoms with E-state index in [1.807, 2.05) is 12.1 Å². The molecule has 2 heteroatoms. The molecule has 2 nitrogen and oxygen atoms in total. The van der Waals surface area contributed by atoms with E-state index in [0.717, 1.165) is 31.5 Å². The summed E-state index contributed by atoms with van der Waals surface area (Å²) in [5.74, 6) is 0.800. The number of fused-ring (bicyclic) bond motifs is 1. The second-order valence-corrected chi connectivity index (χ2v) is 7.15. The van der Waals surface area contributed by atoms with Crippen molar-refractivity contribution in [1.29, 1.82) is 0 Å².